The van der Waals surface area contributed by atoms with E-state index in [9.17, 15) is 19.2 Å². The SMILES string of the molecule is CO[C@@H]1O[C@H](COCc2ccccc2)[C@@H](O[C@@H]2C[C@H](COC(C)=O)[C@H](OC(C)=O)[C@H](OCc3ccccc3)[C@H]2OC(C)=O)[C@H](OCc2ccccc2)[C@H]1NC(C)=O. The van der Waals surface area contributed by atoms with Gasteiger partial charge in [0.05, 0.1) is 39.1 Å². The number of ether oxygens (including phenoxy) is 9. The molecule has 1 N–H and O–H groups in total. The van der Waals surface area contributed by atoms with Crippen LogP contribution < -0.4 is 5.32 Å². The maximum absolute atomic E-state index is 12.9. The van der Waals surface area contributed by atoms with Gasteiger partial charge in [0.15, 0.2) is 12.4 Å². The van der Waals surface area contributed by atoms with E-state index in [1.165, 1.54) is 34.8 Å². The third kappa shape index (κ3) is 12.9. The van der Waals surface area contributed by atoms with Crippen molar-refractivity contribution in [2.45, 2.75) is 109 Å². The van der Waals surface area contributed by atoms with Crippen LogP contribution >= 0.6 is 0 Å². The monoisotopic (exact) mass is 791 g/mol. The topological polar surface area (TPSA) is 163 Å². The van der Waals surface area contributed by atoms with Crippen molar-refractivity contribution in [2.24, 2.45) is 5.92 Å². The van der Waals surface area contributed by atoms with Crippen LogP contribution in [0.25, 0.3) is 0 Å². The van der Waals surface area contributed by atoms with Crippen molar-refractivity contribution in [2.75, 3.05) is 20.3 Å². The van der Waals surface area contributed by atoms with Crippen molar-refractivity contribution < 1.29 is 61.8 Å². The van der Waals surface area contributed by atoms with Gasteiger partial charge in [-0.25, -0.2) is 0 Å². The zero-order chi connectivity index (χ0) is 40.7. The maximum Gasteiger partial charge on any atom is 0.303 e. The van der Waals surface area contributed by atoms with Gasteiger partial charge < -0.3 is 47.9 Å². The minimum absolute atomic E-state index is 0.0171. The van der Waals surface area contributed by atoms with Gasteiger partial charge in [-0.05, 0) is 23.1 Å². The second-order valence-electron chi connectivity index (χ2n) is 14.1. The van der Waals surface area contributed by atoms with Crippen molar-refractivity contribution in [3.63, 3.8) is 0 Å². The number of nitrogens with one attached hydrogen (secondary N) is 1. The van der Waals surface area contributed by atoms with E-state index in [0.29, 0.717) is 0 Å². The summed E-state index contributed by atoms with van der Waals surface area (Å²) >= 11 is 0. The number of amides is 1. The molecule has 308 valence electrons. The highest BCUT2D eigenvalue weighted by Crippen LogP contribution is 2.38. The van der Waals surface area contributed by atoms with Gasteiger partial charge in [0.1, 0.15) is 36.6 Å². The van der Waals surface area contributed by atoms with Crippen LogP contribution in [0.15, 0.2) is 91.0 Å². The van der Waals surface area contributed by atoms with Crippen LogP contribution in [0.5, 0.6) is 0 Å². The molecule has 1 heterocycles. The van der Waals surface area contributed by atoms with Crippen LogP contribution in [0.2, 0.25) is 0 Å². The number of benzene rings is 3. The summed E-state index contributed by atoms with van der Waals surface area (Å²) in [4.78, 5) is 50.3. The van der Waals surface area contributed by atoms with Crippen molar-refractivity contribution in [3.05, 3.63) is 108 Å². The molecule has 1 aliphatic heterocycles. The Bertz CT molecular complexity index is 1710. The number of carbonyl (C=O) groups is 4. The number of hydrogen-bond acceptors (Lipinski definition) is 13. The molecule has 3 aromatic carbocycles. The Morgan fingerprint density at radius 3 is 1.67 bits per heavy atom. The average Bonchev–Trinajstić information content (AvgIpc) is 3.19. The number of rotatable bonds is 18. The van der Waals surface area contributed by atoms with E-state index in [-0.39, 0.29) is 45.4 Å². The number of hydrogen-bond donors (Lipinski definition) is 1. The number of methoxy groups -OCH3 is 1. The molecule has 0 aromatic heterocycles. The van der Waals surface area contributed by atoms with Crippen LogP contribution in [-0.2, 0) is 81.6 Å². The first-order valence-electron chi connectivity index (χ1n) is 19.0. The minimum Gasteiger partial charge on any atom is -0.465 e. The molecule has 0 radical (unpaired) electrons. The molecule has 1 saturated heterocycles. The lowest BCUT2D eigenvalue weighted by Gasteiger charge is -2.50. The molecule has 0 spiro atoms. The van der Waals surface area contributed by atoms with Crippen molar-refractivity contribution in [1.29, 1.82) is 0 Å². The standard InChI is InChI=1S/C43H53NO13/c1-27(45)44-37-41(52-23-32-17-11-7-12-18-32)40(36(57-43(37)49-5)26-50-22-31-15-9-6-10-16-31)56-35-21-34(25-51-28(2)46)38(54-29(3)47)42(39(35)55-30(4)48)53-24-33-19-13-8-14-20-33/h6-20,34-43H,21-26H2,1-5H3,(H,44,45)/t34-,35-,36-,37-,38+,39+,40-,41-,42+,43-/m1/s1. The van der Waals surface area contributed by atoms with Crippen LogP contribution in [0.3, 0.4) is 0 Å². The molecule has 3 aromatic rings. The van der Waals surface area contributed by atoms with Gasteiger partial charge in [-0.3, -0.25) is 19.2 Å². The van der Waals surface area contributed by atoms with Crippen molar-refractivity contribution in [1.82, 2.24) is 5.32 Å². The highest BCUT2D eigenvalue weighted by atomic mass is 16.7. The lowest BCUT2D eigenvalue weighted by atomic mass is 9.80. The fourth-order valence-electron chi connectivity index (χ4n) is 7.23. The number of carbonyl (C=O) groups excluding carboxylic acids is 4. The maximum atomic E-state index is 12.9. The van der Waals surface area contributed by atoms with Crippen LogP contribution in [-0.4, -0.2) is 99.2 Å². The first-order chi connectivity index (χ1) is 27.5. The predicted molar refractivity (Wildman–Crippen MR) is 204 cm³/mol. The Morgan fingerprint density at radius 1 is 0.632 bits per heavy atom. The molecule has 0 bridgehead atoms. The molecule has 0 unspecified atom stereocenters. The Hall–Kier alpha value is -4.70. The van der Waals surface area contributed by atoms with Crippen molar-refractivity contribution in [3.8, 4) is 0 Å². The summed E-state index contributed by atoms with van der Waals surface area (Å²) in [5.74, 6) is -2.78. The first kappa shape index (κ1) is 43.4. The molecule has 10 atom stereocenters. The number of esters is 3. The van der Waals surface area contributed by atoms with E-state index in [1.54, 1.807) is 0 Å². The van der Waals surface area contributed by atoms with Crippen molar-refractivity contribution >= 4 is 23.8 Å². The average molecular weight is 792 g/mol. The summed E-state index contributed by atoms with van der Waals surface area (Å²) in [6.07, 6.45) is -7.79. The molecule has 1 aliphatic carbocycles. The predicted octanol–water partition coefficient (Wildman–Crippen LogP) is 4.45. The van der Waals surface area contributed by atoms with E-state index >= 15 is 0 Å². The van der Waals surface area contributed by atoms with Gasteiger partial charge >= 0.3 is 17.9 Å². The molecule has 14 nitrogen and oxygen atoms in total. The van der Waals surface area contributed by atoms with E-state index < -0.39 is 78.9 Å². The highest BCUT2D eigenvalue weighted by molar-refractivity contribution is 5.73. The van der Waals surface area contributed by atoms with Crippen LogP contribution in [0.4, 0.5) is 0 Å². The largest absolute Gasteiger partial charge is 0.465 e. The Kier molecular flexibility index (Phi) is 16.5. The van der Waals surface area contributed by atoms with Crippen LogP contribution in [0.1, 0.15) is 50.8 Å². The Balaban J connectivity index is 1.56. The van der Waals surface area contributed by atoms with E-state index in [1.807, 2.05) is 91.0 Å². The van der Waals surface area contributed by atoms with Gasteiger partial charge in [-0.1, -0.05) is 91.0 Å². The lowest BCUT2D eigenvalue weighted by molar-refractivity contribution is -0.303. The quantitative estimate of drug-likeness (QED) is 0.142. The third-order valence-corrected chi connectivity index (χ3v) is 9.66. The smallest absolute Gasteiger partial charge is 0.303 e. The highest BCUT2D eigenvalue weighted by Gasteiger charge is 2.55. The zero-order valence-corrected chi connectivity index (χ0v) is 33.0. The molecule has 1 amide bonds. The summed E-state index contributed by atoms with van der Waals surface area (Å²) < 4.78 is 56.1. The van der Waals surface area contributed by atoms with Gasteiger partial charge in [0, 0.05) is 40.7 Å². The lowest BCUT2D eigenvalue weighted by Crippen LogP contribution is -2.67. The van der Waals surface area contributed by atoms with E-state index in [2.05, 4.69) is 5.32 Å². The summed E-state index contributed by atoms with van der Waals surface area (Å²) in [6, 6.07) is 27.6. The summed E-state index contributed by atoms with van der Waals surface area (Å²) in [5.41, 5.74) is 2.62. The van der Waals surface area contributed by atoms with Gasteiger partial charge in [0.25, 0.3) is 0 Å². The first-order valence-corrected chi connectivity index (χ1v) is 19.0. The van der Waals surface area contributed by atoms with Gasteiger partial charge in [-0.2, -0.15) is 0 Å². The summed E-state index contributed by atoms with van der Waals surface area (Å²) in [7, 11) is 1.47. The van der Waals surface area contributed by atoms with Gasteiger partial charge in [0.2, 0.25) is 5.91 Å². The summed E-state index contributed by atoms with van der Waals surface area (Å²) in [6.45, 7) is 5.54. The normalized spacial score (nSPS) is 27.2. The molecular weight excluding hydrogens is 738 g/mol. The zero-order valence-electron chi connectivity index (χ0n) is 33.0. The molecular formula is C43H53NO13. The summed E-state index contributed by atoms with van der Waals surface area (Å²) in [5, 5.41) is 2.94. The molecule has 2 aliphatic rings. The molecule has 14 heteroatoms. The molecule has 2 fully saturated rings. The molecule has 5 rings (SSSR count). The fraction of sp³-hybridized carbons (Fsp3) is 0.488. The third-order valence-electron chi connectivity index (χ3n) is 9.66. The fourth-order valence-corrected chi connectivity index (χ4v) is 7.23. The second kappa shape index (κ2) is 21.7. The molecule has 57 heavy (non-hydrogen) atoms. The van der Waals surface area contributed by atoms with Crippen LogP contribution in [0, 0.1) is 5.92 Å². The van der Waals surface area contributed by atoms with E-state index in [0.717, 1.165) is 16.7 Å². The van der Waals surface area contributed by atoms with Gasteiger partial charge in [-0.15, -0.1) is 0 Å². The van der Waals surface area contributed by atoms with E-state index in [4.69, 9.17) is 42.6 Å². The molecule has 1 saturated carbocycles. The minimum atomic E-state index is -1.14. The Morgan fingerprint density at radius 2 is 1.16 bits per heavy atom. The second-order valence-corrected chi connectivity index (χ2v) is 14.1. The Labute approximate surface area is 333 Å².